The highest BCUT2D eigenvalue weighted by atomic mass is 35.5. The molecule has 0 bridgehead atoms. The minimum atomic E-state index is 0.155. The number of aryl methyl sites for hydroxylation is 1. The fourth-order valence-electron chi connectivity index (χ4n) is 2.25. The number of rotatable bonds is 6. The van der Waals surface area contributed by atoms with Crippen molar-refractivity contribution in [1.82, 2.24) is 5.32 Å². The lowest BCUT2D eigenvalue weighted by Crippen LogP contribution is -2.21. The predicted molar refractivity (Wildman–Crippen MR) is 91.8 cm³/mol. The van der Waals surface area contributed by atoms with Crippen molar-refractivity contribution in [1.29, 1.82) is 0 Å². The van der Waals surface area contributed by atoms with E-state index in [2.05, 4.69) is 30.4 Å². The molecule has 0 aliphatic rings. The van der Waals surface area contributed by atoms with Crippen molar-refractivity contribution in [3.63, 3.8) is 0 Å². The summed E-state index contributed by atoms with van der Waals surface area (Å²) in [4.78, 5) is 1.24. The van der Waals surface area contributed by atoms with E-state index in [4.69, 9.17) is 16.3 Å². The maximum atomic E-state index is 6.23. The molecule has 21 heavy (non-hydrogen) atoms. The number of hydrogen-bond acceptors (Lipinski definition) is 3. The Morgan fingerprint density at radius 3 is 2.62 bits per heavy atom. The van der Waals surface area contributed by atoms with Gasteiger partial charge in [-0.05, 0) is 56.6 Å². The van der Waals surface area contributed by atoms with Crippen LogP contribution in [-0.2, 0) is 0 Å². The van der Waals surface area contributed by atoms with E-state index in [1.807, 2.05) is 32.9 Å². The quantitative estimate of drug-likeness (QED) is 0.789. The van der Waals surface area contributed by atoms with Crippen molar-refractivity contribution in [2.75, 3.05) is 6.54 Å². The number of ether oxygens (including phenoxy) is 1. The maximum absolute atomic E-state index is 6.23. The summed E-state index contributed by atoms with van der Waals surface area (Å²) in [5.41, 5.74) is 2.34. The fraction of sp³-hybridized carbons (Fsp3) is 0.412. The Balaban J connectivity index is 2.33. The van der Waals surface area contributed by atoms with E-state index in [0.717, 1.165) is 22.2 Å². The van der Waals surface area contributed by atoms with E-state index in [1.165, 1.54) is 10.4 Å². The van der Waals surface area contributed by atoms with Gasteiger partial charge in [-0.1, -0.05) is 30.7 Å². The summed E-state index contributed by atoms with van der Waals surface area (Å²) in [7, 11) is 0. The third-order valence-corrected chi connectivity index (χ3v) is 4.75. The highest BCUT2D eigenvalue weighted by Gasteiger charge is 2.17. The van der Waals surface area contributed by atoms with Crippen LogP contribution in [-0.4, -0.2) is 12.6 Å². The van der Waals surface area contributed by atoms with Gasteiger partial charge in [0.2, 0.25) is 0 Å². The first-order chi connectivity index (χ1) is 10.0. The number of benzene rings is 1. The molecule has 114 valence electrons. The van der Waals surface area contributed by atoms with Gasteiger partial charge < -0.3 is 10.1 Å². The molecule has 0 aliphatic carbocycles. The normalized spacial score (nSPS) is 12.7. The van der Waals surface area contributed by atoms with Crippen molar-refractivity contribution >= 4 is 22.9 Å². The summed E-state index contributed by atoms with van der Waals surface area (Å²) in [5, 5.41) is 3.53. The van der Waals surface area contributed by atoms with Crippen LogP contribution in [0.4, 0.5) is 0 Å². The first-order valence-electron chi connectivity index (χ1n) is 7.27. The fourth-order valence-corrected chi connectivity index (χ4v) is 3.57. The zero-order valence-electron chi connectivity index (χ0n) is 12.9. The molecule has 2 aromatic rings. The number of thiophene rings is 1. The Hall–Kier alpha value is -1.03. The third-order valence-electron chi connectivity index (χ3n) is 3.13. The van der Waals surface area contributed by atoms with Crippen molar-refractivity contribution < 1.29 is 4.74 Å². The summed E-state index contributed by atoms with van der Waals surface area (Å²) < 4.78 is 6.66. The summed E-state index contributed by atoms with van der Waals surface area (Å²) in [6.07, 6.45) is 0.177. The number of halogens is 1. The Kier molecular flexibility index (Phi) is 5.68. The number of nitrogens with one attached hydrogen (secondary N) is 1. The predicted octanol–water partition coefficient (Wildman–Crippen LogP) is 5.20. The Labute approximate surface area is 136 Å². The molecule has 0 amide bonds. The van der Waals surface area contributed by atoms with Gasteiger partial charge in [-0.2, -0.15) is 0 Å². The molecule has 1 N–H and O–H groups in total. The van der Waals surface area contributed by atoms with Crippen LogP contribution in [0.2, 0.25) is 4.34 Å². The monoisotopic (exact) mass is 323 g/mol. The third kappa shape index (κ3) is 4.22. The number of hydrogen-bond donors (Lipinski definition) is 1. The first-order valence-corrected chi connectivity index (χ1v) is 8.46. The molecule has 2 rings (SSSR count). The Morgan fingerprint density at radius 1 is 1.29 bits per heavy atom. The molecule has 0 spiro atoms. The van der Waals surface area contributed by atoms with Crippen LogP contribution in [0, 0.1) is 6.92 Å². The van der Waals surface area contributed by atoms with E-state index >= 15 is 0 Å². The molecule has 0 saturated carbocycles. The van der Waals surface area contributed by atoms with Crippen LogP contribution in [0.15, 0.2) is 30.3 Å². The molecule has 4 heteroatoms. The van der Waals surface area contributed by atoms with E-state index < -0.39 is 0 Å². The second kappa shape index (κ2) is 7.30. The zero-order chi connectivity index (χ0) is 15.4. The first kappa shape index (κ1) is 16.3. The van der Waals surface area contributed by atoms with Gasteiger partial charge in [-0.15, -0.1) is 11.3 Å². The molecule has 2 nitrogen and oxygen atoms in total. The summed E-state index contributed by atoms with van der Waals surface area (Å²) in [6, 6.07) is 10.6. The molecular weight excluding hydrogens is 302 g/mol. The topological polar surface area (TPSA) is 21.3 Å². The molecule has 0 radical (unpaired) electrons. The van der Waals surface area contributed by atoms with E-state index in [1.54, 1.807) is 11.3 Å². The van der Waals surface area contributed by atoms with Gasteiger partial charge >= 0.3 is 0 Å². The molecule has 1 aromatic carbocycles. The van der Waals surface area contributed by atoms with Crippen molar-refractivity contribution in [3.8, 4) is 5.75 Å². The van der Waals surface area contributed by atoms with Gasteiger partial charge in [0.15, 0.2) is 0 Å². The van der Waals surface area contributed by atoms with Crippen LogP contribution in [0.1, 0.15) is 42.8 Å². The molecule has 1 aromatic heterocycles. The lowest BCUT2D eigenvalue weighted by Gasteiger charge is -2.18. The molecule has 1 unspecified atom stereocenters. The largest absolute Gasteiger partial charge is 0.491 e. The standard InChI is InChI=1S/C17H22ClNOS/c1-5-19-16(15-9-12(4)17(18)21-15)13-7-6-8-14(10-13)20-11(2)3/h6-11,16,19H,5H2,1-4H3. The summed E-state index contributed by atoms with van der Waals surface area (Å²) in [5.74, 6) is 0.907. The second-order valence-corrected chi connectivity index (χ2v) is 7.02. The Morgan fingerprint density at radius 2 is 2.05 bits per heavy atom. The molecular formula is C17H22ClNOS. The van der Waals surface area contributed by atoms with E-state index in [0.29, 0.717) is 0 Å². The average molecular weight is 324 g/mol. The van der Waals surface area contributed by atoms with Crippen LogP contribution in [0.5, 0.6) is 5.75 Å². The minimum absolute atomic E-state index is 0.155. The molecule has 0 aliphatic heterocycles. The summed E-state index contributed by atoms with van der Waals surface area (Å²) >= 11 is 7.87. The minimum Gasteiger partial charge on any atom is -0.491 e. The van der Waals surface area contributed by atoms with Crippen molar-refractivity contribution in [2.45, 2.75) is 39.8 Å². The van der Waals surface area contributed by atoms with Gasteiger partial charge in [0.05, 0.1) is 16.5 Å². The average Bonchev–Trinajstić information content (AvgIpc) is 2.75. The summed E-state index contributed by atoms with van der Waals surface area (Å²) in [6.45, 7) is 9.13. The van der Waals surface area contributed by atoms with Gasteiger partial charge in [0.25, 0.3) is 0 Å². The van der Waals surface area contributed by atoms with E-state index in [9.17, 15) is 0 Å². The molecule has 1 atom stereocenters. The maximum Gasteiger partial charge on any atom is 0.120 e. The smallest absolute Gasteiger partial charge is 0.120 e. The molecule has 0 saturated heterocycles. The van der Waals surface area contributed by atoms with E-state index in [-0.39, 0.29) is 12.1 Å². The SMILES string of the molecule is CCNC(c1cccc(OC(C)C)c1)c1cc(C)c(Cl)s1. The molecule has 0 fully saturated rings. The van der Waals surface area contributed by atoms with Crippen molar-refractivity contribution in [2.24, 2.45) is 0 Å². The second-order valence-electron chi connectivity index (χ2n) is 5.34. The Bertz CT molecular complexity index is 575. The molecule has 1 heterocycles. The van der Waals surface area contributed by atoms with Crippen LogP contribution >= 0.6 is 22.9 Å². The highest BCUT2D eigenvalue weighted by Crippen LogP contribution is 2.35. The lowest BCUT2D eigenvalue weighted by molar-refractivity contribution is 0.242. The van der Waals surface area contributed by atoms with Gasteiger partial charge in [0.1, 0.15) is 5.75 Å². The zero-order valence-corrected chi connectivity index (χ0v) is 14.5. The van der Waals surface area contributed by atoms with Gasteiger partial charge in [0, 0.05) is 4.88 Å². The van der Waals surface area contributed by atoms with Crippen LogP contribution in [0.3, 0.4) is 0 Å². The van der Waals surface area contributed by atoms with Gasteiger partial charge in [-0.3, -0.25) is 0 Å². The van der Waals surface area contributed by atoms with Crippen molar-refractivity contribution in [3.05, 3.63) is 50.7 Å². The highest BCUT2D eigenvalue weighted by molar-refractivity contribution is 7.16. The lowest BCUT2D eigenvalue weighted by atomic mass is 10.0. The van der Waals surface area contributed by atoms with Gasteiger partial charge in [-0.25, -0.2) is 0 Å². The van der Waals surface area contributed by atoms with Crippen LogP contribution in [0.25, 0.3) is 0 Å². The van der Waals surface area contributed by atoms with Crippen LogP contribution < -0.4 is 10.1 Å².